The van der Waals surface area contributed by atoms with Crippen molar-refractivity contribution < 1.29 is 0 Å². The summed E-state index contributed by atoms with van der Waals surface area (Å²) in [4.78, 5) is 0. The molecule has 2 N–H and O–H groups in total. The maximum absolute atomic E-state index is 5.78. The van der Waals surface area contributed by atoms with Gasteiger partial charge in [0, 0.05) is 12.2 Å². The standard InChI is InChI=1S/C12H15N3/c1-9-7-14-15(8-9)12-5-3-11(4-6-12)10(2)13/h3-8,10H,13H2,1-2H3/t10-/m1/s1. The van der Waals surface area contributed by atoms with E-state index in [4.69, 9.17) is 5.73 Å². The highest BCUT2D eigenvalue weighted by Gasteiger charge is 2.01. The molecular formula is C12H15N3. The van der Waals surface area contributed by atoms with Gasteiger partial charge in [0.25, 0.3) is 0 Å². The number of aromatic nitrogens is 2. The van der Waals surface area contributed by atoms with Crippen LogP contribution in [0, 0.1) is 6.92 Å². The number of benzene rings is 1. The van der Waals surface area contributed by atoms with Gasteiger partial charge in [-0.3, -0.25) is 0 Å². The fourth-order valence-corrected chi connectivity index (χ4v) is 1.48. The number of hydrogen-bond acceptors (Lipinski definition) is 2. The molecule has 0 aliphatic rings. The van der Waals surface area contributed by atoms with Crippen molar-refractivity contribution in [2.24, 2.45) is 5.73 Å². The van der Waals surface area contributed by atoms with Crippen LogP contribution in [-0.2, 0) is 0 Å². The van der Waals surface area contributed by atoms with Crippen molar-refractivity contribution in [3.8, 4) is 5.69 Å². The first kappa shape index (κ1) is 9.93. The molecule has 2 rings (SSSR count). The molecule has 0 unspecified atom stereocenters. The minimum Gasteiger partial charge on any atom is -0.324 e. The highest BCUT2D eigenvalue weighted by atomic mass is 15.3. The van der Waals surface area contributed by atoms with E-state index in [1.54, 1.807) is 0 Å². The van der Waals surface area contributed by atoms with E-state index in [0.29, 0.717) is 0 Å². The van der Waals surface area contributed by atoms with Gasteiger partial charge in [-0.1, -0.05) is 12.1 Å². The SMILES string of the molecule is Cc1cnn(-c2ccc([C@@H](C)N)cc2)c1. The third-order valence-corrected chi connectivity index (χ3v) is 2.40. The third-order valence-electron chi connectivity index (χ3n) is 2.40. The van der Waals surface area contributed by atoms with E-state index in [0.717, 1.165) is 16.8 Å². The number of nitrogens with two attached hydrogens (primary N) is 1. The first-order chi connectivity index (χ1) is 7.16. The topological polar surface area (TPSA) is 43.8 Å². The summed E-state index contributed by atoms with van der Waals surface area (Å²) in [6.45, 7) is 4.01. The minimum absolute atomic E-state index is 0.0819. The summed E-state index contributed by atoms with van der Waals surface area (Å²) < 4.78 is 1.86. The van der Waals surface area contributed by atoms with Gasteiger partial charge in [-0.2, -0.15) is 5.10 Å². The minimum atomic E-state index is 0.0819. The first-order valence-electron chi connectivity index (χ1n) is 5.04. The van der Waals surface area contributed by atoms with E-state index in [1.165, 1.54) is 0 Å². The molecule has 0 aliphatic carbocycles. The molecule has 0 bridgehead atoms. The molecule has 0 fully saturated rings. The van der Waals surface area contributed by atoms with E-state index in [1.807, 2.05) is 55.2 Å². The van der Waals surface area contributed by atoms with Crippen LogP contribution in [0.25, 0.3) is 5.69 Å². The average molecular weight is 201 g/mol. The van der Waals surface area contributed by atoms with E-state index in [9.17, 15) is 0 Å². The molecule has 1 aromatic carbocycles. The molecular weight excluding hydrogens is 186 g/mol. The van der Waals surface area contributed by atoms with Crippen LogP contribution in [0.5, 0.6) is 0 Å². The van der Waals surface area contributed by atoms with Crippen LogP contribution in [0.4, 0.5) is 0 Å². The summed E-state index contributed by atoms with van der Waals surface area (Å²) in [5.41, 5.74) is 9.15. The molecule has 0 spiro atoms. The Kier molecular flexibility index (Phi) is 2.56. The van der Waals surface area contributed by atoms with Gasteiger partial charge >= 0.3 is 0 Å². The van der Waals surface area contributed by atoms with Gasteiger partial charge in [0.2, 0.25) is 0 Å². The predicted molar refractivity (Wildman–Crippen MR) is 60.9 cm³/mol. The smallest absolute Gasteiger partial charge is 0.0645 e. The zero-order chi connectivity index (χ0) is 10.8. The molecule has 3 nitrogen and oxygen atoms in total. The van der Waals surface area contributed by atoms with Gasteiger partial charge in [-0.05, 0) is 37.1 Å². The molecule has 1 heterocycles. The van der Waals surface area contributed by atoms with Gasteiger partial charge in [0.15, 0.2) is 0 Å². The lowest BCUT2D eigenvalue weighted by molar-refractivity contribution is 0.814. The average Bonchev–Trinajstić information content (AvgIpc) is 2.65. The van der Waals surface area contributed by atoms with Crippen molar-refractivity contribution in [2.45, 2.75) is 19.9 Å². The Labute approximate surface area is 89.5 Å². The van der Waals surface area contributed by atoms with Gasteiger partial charge in [0.1, 0.15) is 0 Å². The fraction of sp³-hybridized carbons (Fsp3) is 0.250. The molecule has 1 aromatic heterocycles. The van der Waals surface area contributed by atoms with Crippen molar-refractivity contribution >= 4 is 0 Å². The summed E-state index contributed by atoms with van der Waals surface area (Å²) in [5.74, 6) is 0. The Morgan fingerprint density at radius 2 is 1.93 bits per heavy atom. The molecule has 0 aliphatic heterocycles. The highest BCUT2D eigenvalue weighted by Crippen LogP contribution is 2.13. The number of rotatable bonds is 2. The monoisotopic (exact) mass is 201 g/mol. The summed E-state index contributed by atoms with van der Waals surface area (Å²) in [7, 11) is 0. The van der Waals surface area contributed by atoms with E-state index in [2.05, 4.69) is 5.10 Å². The van der Waals surface area contributed by atoms with Crippen LogP contribution in [0.15, 0.2) is 36.7 Å². The van der Waals surface area contributed by atoms with E-state index >= 15 is 0 Å². The van der Waals surface area contributed by atoms with Gasteiger partial charge < -0.3 is 5.73 Å². The maximum Gasteiger partial charge on any atom is 0.0645 e. The Morgan fingerprint density at radius 3 is 2.40 bits per heavy atom. The molecule has 0 saturated carbocycles. The molecule has 15 heavy (non-hydrogen) atoms. The van der Waals surface area contributed by atoms with Gasteiger partial charge in [-0.15, -0.1) is 0 Å². The van der Waals surface area contributed by atoms with Crippen LogP contribution in [0.2, 0.25) is 0 Å². The molecule has 0 amide bonds. The van der Waals surface area contributed by atoms with Crippen molar-refractivity contribution in [2.75, 3.05) is 0 Å². The highest BCUT2D eigenvalue weighted by molar-refractivity contribution is 5.35. The lowest BCUT2D eigenvalue weighted by Gasteiger charge is -2.06. The van der Waals surface area contributed by atoms with E-state index < -0.39 is 0 Å². The zero-order valence-electron chi connectivity index (χ0n) is 9.01. The van der Waals surface area contributed by atoms with Crippen molar-refractivity contribution in [3.05, 3.63) is 47.8 Å². The van der Waals surface area contributed by atoms with Crippen LogP contribution in [-0.4, -0.2) is 9.78 Å². The van der Waals surface area contributed by atoms with Crippen LogP contribution >= 0.6 is 0 Å². The molecule has 0 radical (unpaired) electrons. The maximum atomic E-state index is 5.78. The Balaban J connectivity index is 2.31. The second-order valence-electron chi connectivity index (χ2n) is 3.84. The van der Waals surface area contributed by atoms with Crippen molar-refractivity contribution in [1.29, 1.82) is 0 Å². The lowest BCUT2D eigenvalue weighted by atomic mass is 10.1. The normalized spacial score (nSPS) is 12.7. The molecule has 1 atom stereocenters. The van der Waals surface area contributed by atoms with Crippen molar-refractivity contribution in [3.63, 3.8) is 0 Å². The van der Waals surface area contributed by atoms with Gasteiger partial charge in [-0.25, -0.2) is 4.68 Å². The van der Waals surface area contributed by atoms with Crippen LogP contribution < -0.4 is 5.73 Å². The zero-order valence-corrected chi connectivity index (χ0v) is 9.01. The Hall–Kier alpha value is -1.61. The molecule has 78 valence electrons. The quantitative estimate of drug-likeness (QED) is 0.809. The lowest BCUT2D eigenvalue weighted by Crippen LogP contribution is -2.05. The summed E-state index contributed by atoms with van der Waals surface area (Å²) in [5, 5.41) is 4.25. The van der Waals surface area contributed by atoms with Crippen LogP contribution in [0.3, 0.4) is 0 Å². The van der Waals surface area contributed by atoms with Crippen molar-refractivity contribution in [1.82, 2.24) is 9.78 Å². The fourth-order valence-electron chi connectivity index (χ4n) is 1.48. The second-order valence-corrected chi connectivity index (χ2v) is 3.84. The van der Waals surface area contributed by atoms with Gasteiger partial charge in [0.05, 0.1) is 11.9 Å². The number of aryl methyl sites for hydroxylation is 1. The van der Waals surface area contributed by atoms with Crippen LogP contribution in [0.1, 0.15) is 24.1 Å². The Bertz CT molecular complexity index is 440. The number of nitrogens with zero attached hydrogens (tertiary/aromatic N) is 2. The summed E-state index contributed by atoms with van der Waals surface area (Å²) >= 11 is 0. The van der Waals surface area contributed by atoms with E-state index in [-0.39, 0.29) is 6.04 Å². The number of hydrogen-bond donors (Lipinski definition) is 1. The third kappa shape index (κ3) is 2.07. The summed E-state index contributed by atoms with van der Waals surface area (Å²) in [6, 6.07) is 8.23. The predicted octanol–water partition coefficient (Wildman–Crippen LogP) is 2.20. The molecule has 3 heteroatoms. The first-order valence-corrected chi connectivity index (χ1v) is 5.04. The Morgan fingerprint density at radius 1 is 1.27 bits per heavy atom. The largest absolute Gasteiger partial charge is 0.324 e. The molecule has 0 saturated heterocycles. The second kappa shape index (κ2) is 3.87. The molecule has 2 aromatic rings. The summed E-state index contributed by atoms with van der Waals surface area (Å²) in [6.07, 6.45) is 3.85.